The van der Waals surface area contributed by atoms with Gasteiger partial charge in [0.25, 0.3) is 0 Å². The molecule has 2 rings (SSSR count). The molecule has 2 aromatic rings. The Morgan fingerprint density at radius 1 is 1.43 bits per heavy atom. The minimum absolute atomic E-state index is 0.216. The van der Waals surface area contributed by atoms with Gasteiger partial charge in [-0.25, -0.2) is 9.97 Å². The molecule has 0 saturated carbocycles. The fourth-order valence-electron chi connectivity index (χ4n) is 1.49. The second kappa shape index (κ2) is 7.07. The van der Waals surface area contributed by atoms with E-state index in [9.17, 15) is 4.79 Å². The number of thioether (sulfide) groups is 1. The Balaban J connectivity index is 2.02. The number of amides is 1. The topological polar surface area (TPSA) is 78.7 Å². The van der Waals surface area contributed by atoms with Crippen molar-refractivity contribution >= 4 is 35.2 Å². The molecule has 21 heavy (non-hydrogen) atoms. The molecule has 5 nitrogen and oxygen atoms in total. The van der Waals surface area contributed by atoms with Crippen molar-refractivity contribution in [3.05, 3.63) is 47.2 Å². The summed E-state index contributed by atoms with van der Waals surface area (Å²) in [6.07, 6.45) is 3.11. The normalized spacial score (nSPS) is 11.5. The molecule has 0 bridgehead atoms. The van der Waals surface area contributed by atoms with Crippen LogP contribution in [0.15, 0.2) is 41.6 Å². The number of hydrogen-bond acceptors (Lipinski definition) is 5. The Bertz CT molecular complexity index is 687. The van der Waals surface area contributed by atoms with Crippen LogP contribution in [-0.4, -0.2) is 21.1 Å². The highest BCUT2D eigenvalue weighted by molar-refractivity contribution is 8.00. The van der Waals surface area contributed by atoms with Crippen LogP contribution in [0.5, 0.6) is 0 Å². The maximum atomic E-state index is 12.0. The summed E-state index contributed by atoms with van der Waals surface area (Å²) < 4.78 is 0. The van der Waals surface area contributed by atoms with Gasteiger partial charge >= 0.3 is 0 Å². The maximum Gasteiger partial charge on any atom is 0.239 e. The Kier molecular flexibility index (Phi) is 5.14. The fraction of sp³-hybridized carbons (Fsp3) is 0.143. The quantitative estimate of drug-likeness (QED) is 0.876. The molecule has 106 valence electrons. The minimum atomic E-state index is -0.376. The zero-order valence-electron chi connectivity index (χ0n) is 11.1. The van der Waals surface area contributed by atoms with Crippen LogP contribution >= 0.6 is 23.4 Å². The van der Waals surface area contributed by atoms with Crippen molar-refractivity contribution in [3.63, 3.8) is 0 Å². The van der Waals surface area contributed by atoms with Gasteiger partial charge in [-0.3, -0.25) is 10.1 Å². The van der Waals surface area contributed by atoms with Gasteiger partial charge in [0, 0.05) is 17.3 Å². The average molecular weight is 319 g/mol. The number of hydrogen-bond donors (Lipinski definition) is 1. The molecule has 0 aliphatic heterocycles. The van der Waals surface area contributed by atoms with E-state index in [1.54, 1.807) is 43.6 Å². The van der Waals surface area contributed by atoms with E-state index in [-0.39, 0.29) is 17.1 Å². The molecule has 1 aromatic carbocycles. The Labute approximate surface area is 131 Å². The van der Waals surface area contributed by atoms with Gasteiger partial charge in [0.05, 0.1) is 21.9 Å². The predicted octanol–water partition coefficient (Wildman–Crippen LogP) is 3.12. The minimum Gasteiger partial charge on any atom is -0.294 e. The summed E-state index contributed by atoms with van der Waals surface area (Å²) in [4.78, 5) is 20.7. The standard InChI is InChI=1S/C14H11ClN4OS/c1-9(13(20)19-14-17-5-2-6-18-14)21-12-4-3-10(8-16)7-11(12)15/h2-7,9H,1H3,(H,17,18,19,20)/t9-/m1/s1. The number of carbonyl (C=O) groups excluding carboxylic acids is 1. The number of anilines is 1. The molecule has 1 N–H and O–H groups in total. The Hall–Kier alpha value is -2.10. The molecule has 1 heterocycles. The lowest BCUT2D eigenvalue weighted by Gasteiger charge is -2.12. The molecule has 1 atom stereocenters. The van der Waals surface area contributed by atoms with Gasteiger partial charge in [0.2, 0.25) is 11.9 Å². The molecule has 1 amide bonds. The third-order valence-electron chi connectivity index (χ3n) is 2.53. The van der Waals surface area contributed by atoms with Gasteiger partial charge in [-0.1, -0.05) is 11.6 Å². The Morgan fingerprint density at radius 3 is 2.76 bits per heavy atom. The van der Waals surface area contributed by atoms with E-state index in [0.29, 0.717) is 10.6 Å². The maximum absolute atomic E-state index is 12.0. The van der Waals surface area contributed by atoms with Crippen molar-refractivity contribution < 1.29 is 4.79 Å². The lowest BCUT2D eigenvalue weighted by atomic mass is 10.2. The highest BCUT2D eigenvalue weighted by Crippen LogP contribution is 2.31. The number of aromatic nitrogens is 2. The average Bonchev–Trinajstić information content (AvgIpc) is 2.50. The highest BCUT2D eigenvalue weighted by Gasteiger charge is 2.17. The summed E-state index contributed by atoms with van der Waals surface area (Å²) in [5.41, 5.74) is 0.485. The van der Waals surface area contributed by atoms with Crippen molar-refractivity contribution in [2.24, 2.45) is 0 Å². The first kappa shape index (κ1) is 15.3. The second-order valence-corrected chi connectivity index (χ2v) is 5.87. The van der Waals surface area contributed by atoms with Crippen LogP contribution < -0.4 is 5.32 Å². The van der Waals surface area contributed by atoms with Gasteiger partial charge in [0.1, 0.15) is 0 Å². The summed E-state index contributed by atoms with van der Waals surface area (Å²) in [6, 6.07) is 8.66. The van der Waals surface area contributed by atoms with Crippen LogP contribution in [-0.2, 0) is 4.79 Å². The number of nitriles is 1. The first-order valence-electron chi connectivity index (χ1n) is 6.04. The lowest BCUT2D eigenvalue weighted by Crippen LogP contribution is -2.23. The van der Waals surface area contributed by atoms with E-state index >= 15 is 0 Å². The third-order valence-corrected chi connectivity index (χ3v) is 4.14. The fourth-order valence-corrected chi connectivity index (χ4v) is 2.66. The first-order valence-corrected chi connectivity index (χ1v) is 7.30. The predicted molar refractivity (Wildman–Crippen MR) is 82.1 cm³/mol. The smallest absolute Gasteiger partial charge is 0.239 e. The van der Waals surface area contributed by atoms with E-state index in [1.165, 1.54) is 11.8 Å². The number of rotatable bonds is 4. The van der Waals surface area contributed by atoms with E-state index < -0.39 is 0 Å². The molecule has 0 aliphatic rings. The molecule has 7 heteroatoms. The third kappa shape index (κ3) is 4.18. The molecule has 0 spiro atoms. The molecular formula is C14H11ClN4OS. The van der Waals surface area contributed by atoms with E-state index in [4.69, 9.17) is 16.9 Å². The summed E-state index contributed by atoms with van der Waals surface area (Å²) in [7, 11) is 0. The van der Waals surface area contributed by atoms with Gasteiger partial charge < -0.3 is 0 Å². The monoisotopic (exact) mass is 318 g/mol. The number of halogens is 1. The lowest BCUT2D eigenvalue weighted by molar-refractivity contribution is -0.115. The molecule has 0 aliphatic carbocycles. The zero-order chi connectivity index (χ0) is 15.2. The summed E-state index contributed by atoms with van der Waals surface area (Å²) >= 11 is 7.40. The number of nitrogens with one attached hydrogen (secondary N) is 1. The van der Waals surface area contributed by atoms with E-state index in [0.717, 1.165) is 4.90 Å². The van der Waals surface area contributed by atoms with Crippen LogP contribution in [0.1, 0.15) is 12.5 Å². The van der Waals surface area contributed by atoms with Gasteiger partial charge in [-0.15, -0.1) is 11.8 Å². The Morgan fingerprint density at radius 2 is 2.14 bits per heavy atom. The van der Waals surface area contributed by atoms with Crippen LogP contribution in [0.3, 0.4) is 0 Å². The summed E-state index contributed by atoms with van der Waals surface area (Å²) in [5.74, 6) is 0.0486. The summed E-state index contributed by atoms with van der Waals surface area (Å²) in [6.45, 7) is 1.76. The molecule has 0 fully saturated rings. The van der Waals surface area contributed by atoms with E-state index in [2.05, 4.69) is 15.3 Å². The largest absolute Gasteiger partial charge is 0.294 e. The van der Waals surface area contributed by atoms with Crippen molar-refractivity contribution in [2.75, 3.05) is 5.32 Å². The zero-order valence-corrected chi connectivity index (χ0v) is 12.6. The van der Waals surface area contributed by atoms with Gasteiger partial charge in [0.15, 0.2) is 0 Å². The van der Waals surface area contributed by atoms with Crippen molar-refractivity contribution in [1.82, 2.24) is 9.97 Å². The van der Waals surface area contributed by atoms with Gasteiger partial charge in [-0.2, -0.15) is 5.26 Å². The van der Waals surface area contributed by atoms with Crippen molar-refractivity contribution in [1.29, 1.82) is 5.26 Å². The molecule has 1 aromatic heterocycles. The van der Waals surface area contributed by atoms with Crippen molar-refractivity contribution in [2.45, 2.75) is 17.1 Å². The molecule has 0 saturated heterocycles. The number of nitrogens with zero attached hydrogens (tertiary/aromatic N) is 3. The van der Waals surface area contributed by atoms with Crippen LogP contribution in [0, 0.1) is 11.3 Å². The van der Waals surface area contributed by atoms with Crippen LogP contribution in [0.4, 0.5) is 5.95 Å². The van der Waals surface area contributed by atoms with Crippen LogP contribution in [0.25, 0.3) is 0 Å². The van der Waals surface area contributed by atoms with E-state index in [1.807, 2.05) is 6.07 Å². The van der Waals surface area contributed by atoms with Gasteiger partial charge in [-0.05, 0) is 31.2 Å². The number of carbonyl (C=O) groups is 1. The molecule has 0 radical (unpaired) electrons. The number of benzene rings is 1. The SMILES string of the molecule is C[C@@H](Sc1ccc(C#N)cc1Cl)C(=O)Nc1ncccn1. The van der Waals surface area contributed by atoms with Crippen molar-refractivity contribution in [3.8, 4) is 6.07 Å². The summed E-state index contributed by atoms with van der Waals surface area (Å²) in [5, 5.41) is 11.5. The molecular weight excluding hydrogens is 308 g/mol. The first-order chi connectivity index (χ1) is 10.1. The van der Waals surface area contributed by atoms with Crippen LogP contribution in [0.2, 0.25) is 5.02 Å². The highest BCUT2D eigenvalue weighted by atomic mass is 35.5. The second-order valence-electron chi connectivity index (χ2n) is 4.08. The molecule has 0 unspecified atom stereocenters.